The number of aryl methyl sites for hydroxylation is 1. The predicted molar refractivity (Wildman–Crippen MR) is 104 cm³/mol. The monoisotopic (exact) mass is 401 g/mol. The minimum Gasteiger partial charge on any atom is -0.482 e. The van der Waals surface area contributed by atoms with E-state index in [0.717, 1.165) is 10.4 Å². The zero-order valence-corrected chi connectivity index (χ0v) is 15.9. The molecule has 7 nitrogen and oxygen atoms in total. The van der Waals surface area contributed by atoms with Gasteiger partial charge in [-0.3, -0.25) is 9.52 Å². The Morgan fingerprint density at radius 2 is 1.96 bits per heavy atom. The van der Waals surface area contributed by atoms with E-state index in [4.69, 9.17) is 4.74 Å². The maximum atomic E-state index is 12.5. The second-order valence-electron chi connectivity index (χ2n) is 5.89. The molecule has 0 spiro atoms. The Labute approximate surface area is 160 Å². The minimum atomic E-state index is -3.70. The van der Waals surface area contributed by atoms with Crippen LogP contribution in [0.3, 0.4) is 0 Å². The average Bonchev–Trinajstić information content (AvgIpc) is 3.01. The Morgan fingerprint density at radius 3 is 2.74 bits per heavy atom. The number of rotatable bonds is 4. The molecule has 9 heteroatoms. The maximum absolute atomic E-state index is 12.5. The number of nitrogens with zero attached hydrogens (tertiary/aromatic N) is 1. The summed E-state index contributed by atoms with van der Waals surface area (Å²) in [5, 5.41) is 3.04. The Bertz CT molecular complexity index is 1120. The van der Waals surface area contributed by atoms with Gasteiger partial charge in [0.05, 0.1) is 16.3 Å². The molecule has 0 radical (unpaired) electrons. The molecule has 0 fully saturated rings. The number of hydrogen-bond acceptors (Lipinski definition) is 6. The second-order valence-corrected chi connectivity index (χ2v) is 8.78. The van der Waals surface area contributed by atoms with Crippen LogP contribution >= 0.6 is 11.3 Å². The number of amides is 1. The molecule has 3 aromatic rings. The number of carbonyl (C=O) groups is 1. The van der Waals surface area contributed by atoms with Gasteiger partial charge in [0, 0.05) is 10.4 Å². The van der Waals surface area contributed by atoms with Gasteiger partial charge in [-0.25, -0.2) is 13.4 Å². The first-order valence-corrected chi connectivity index (χ1v) is 10.3. The van der Waals surface area contributed by atoms with E-state index in [0.29, 0.717) is 17.1 Å². The van der Waals surface area contributed by atoms with Crippen LogP contribution in [-0.2, 0) is 14.8 Å². The molecule has 1 aromatic heterocycles. The summed E-state index contributed by atoms with van der Waals surface area (Å²) in [6.07, 6.45) is 0. The van der Waals surface area contributed by atoms with Gasteiger partial charge >= 0.3 is 0 Å². The number of anilines is 2. The molecule has 0 atom stereocenters. The SMILES string of the molecule is Cc1sc(NS(=O)(=O)c2ccccc2)nc1-c1ccc2c(c1)NC(=O)CO2. The lowest BCUT2D eigenvalue weighted by Crippen LogP contribution is -2.25. The number of ether oxygens (including phenoxy) is 1. The maximum Gasteiger partial charge on any atom is 0.263 e. The Kier molecular flexibility index (Phi) is 4.33. The van der Waals surface area contributed by atoms with Crippen LogP contribution in [0.25, 0.3) is 11.3 Å². The molecule has 1 aliphatic heterocycles. The van der Waals surface area contributed by atoms with Gasteiger partial charge in [0.1, 0.15) is 5.75 Å². The molecule has 2 aromatic carbocycles. The summed E-state index contributed by atoms with van der Waals surface area (Å²) in [4.78, 5) is 17.0. The summed E-state index contributed by atoms with van der Waals surface area (Å²) in [6, 6.07) is 13.5. The van der Waals surface area contributed by atoms with Crippen molar-refractivity contribution in [2.45, 2.75) is 11.8 Å². The van der Waals surface area contributed by atoms with Gasteiger partial charge in [-0.2, -0.15) is 0 Å². The van der Waals surface area contributed by atoms with Gasteiger partial charge in [0.25, 0.3) is 15.9 Å². The lowest BCUT2D eigenvalue weighted by atomic mass is 10.1. The molecule has 0 saturated carbocycles. The van der Waals surface area contributed by atoms with Crippen molar-refractivity contribution in [3.8, 4) is 17.0 Å². The van der Waals surface area contributed by atoms with Gasteiger partial charge in [-0.1, -0.05) is 18.2 Å². The smallest absolute Gasteiger partial charge is 0.263 e. The number of fused-ring (bicyclic) bond motifs is 1. The van der Waals surface area contributed by atoms with Crippen LogP contribution in [0.15, 0.2) is 53.4 Å². The van der Waals surface area contributed by atoms with Crippen molar-refractivity contribution in [2.24, 2.45) is 0 Å². The van der Waals surface area contributed by atoms with E-state index in [1.54, 1.807) is 30.3 Å². The van der Waals surface area contributed by atoms with E-state index in [1.165, 1.54) is 23.5 Å². The van der Waals surface area contributed by atoms with E-state index in [-0.39, 0.29) is 22.5 Å². The van der Waals surface area contributed by atoms with Gasteiger partial charge < -0.3 is 10.1 Å². The first kappa shape index (κ1) is 17.5. The molecular weight excluding hydrogens is 386 g/mol. The minimum absolute atomic E-state index is 0.00646. The number of hydrogen-bond donors (Lipinski definition) is 2. The van der Waals surface area contributed by atoms with E-state index < -0.39 is 10.0 Å². The summed E-state index contributed by atoms with van der Waals surface area (Å²) in [6.45, 7) is 1.86. The van der Waals surface area contributed by atoms with Gasteiger partial charge in [-0.05, 0) is 37.3 Å². The summed E-state index contributed by atoms with van der Waals surface area (Å²) in [5.41, 5.74) is 1.98. The highest BCUT2D eigenvalue weighted by molar-refractivity contribution is 7.93. The number of aromatic nitrogens is 1. The van der Waals surface area contributed by atoms with E-state index in [1.807, 2.05) is 13.0 Å². The fourth-order valence-electron chi connectivity index (χ4n) is 2.71. The average molecular weight is 401 g/mol. The third-order valence-corrected chi connectivity index (χ3v) is 6.33. The molecule has 0 saturated heterocycles. The van der Waals surface area contributed by atoms with Crippen LogP contribution in [0.4, 0.5) is 10.8 Å². The molecule has 27 heavy (non-hydrogen) atoms. The first-order valence-electron chi connectivity index (χ1n) is 8.05. The largest absolute Gasteiger partial charge is 0.482 e. The quantitative estimate of drug-likeness (QED) is 0.699. The molecule has 4 rings (SSSR count). The number of carbonyl (C=O) groups excluding carboxylic acids is 1. The van der Waals surface area contributed by atoms with Crippen LogP contribution in [0.1, 0.15) is 4.88 Å². The fraction of sp³-hybridized carbons (Fsp3) is 0.111. The Morgan fingerprint density at radius 1 is 1.19 bits per heavy atom. The van der Waals surface area contributed by atoms with Crippen molar-refractivity contribution in [3.05, 3.63) is 53.4 Å². The molecule has 1 aliphatic rings. The summed E-state index contributed by atoms with van der Waals surface area (Å²) >= 11 is 1.25. The third kappa shape index (κ3) is 3.51. The molecule has 1 amide bonds. The zero-order valence-electron chi connectivity index (χ0n) is 14.2. The normalized spacial score (nSPS) is 13.4. The molecular formula is C18H15N3O4S2. The molecule has 138 valence electrons. The van der Waals surface area contributed by atoms with Gasteiger partial charge in [-0.15, -0.1) is 11.3 Å². The fourth-order valence-corrected chi connectivity index (χ4v) is 4.80. The van der Waals surface area contributed by atoms with Crippen LogP contribution in [-0.4, -0.2) is 25.9 Å². The number of sulfonamides is 1. The van der Waals surface area contributed by atoms with E-state index in [2.05, 4.69) is 15.0 Å². The Balaban J connectivity index is 1.64. The van der Waals surface area contributed by atoms with Crippen molar-refractivity contribution >= 4 is 38.1 Å². The lowest BCUT2D eigenvalue weighted by Gasteiger charge is -2.18. The highest BCUT2D eigenvalue weighted by atomic mass is 32.2. The van der Waals surface area contributed by atoms with Gasteiger partial charge in [0.15, 0.2) is 11.7 Å². The van der Waals surface area contributed by atoms with Gasteiger partial charge in [0.2, 0.25) is 0 Å². The Hall–Kier alpha value is -2.91. The number of thiazole rings is 1. The first-order chi connectivity index (χ1) is 12.9. The van der Waals surface area contributed by atoms with Crippen molar-refractivity contribution in [3.63, 3.8) is 0 Å². The highest BCUT2D eigenvalue weighted by Gasteiger charge is 2.20. The number of benzene rings is 2. The molecule has 2 N–H and O–H groups in total. The second kappa shape index (κ2) is 6.67. The van der Waals surface area contributed by atoms with Crippen molar-refractivity contribution < 1.29 is 17.9 Å². The zero-order chi connectivity index (χ0) is 19.0. The van der Waals surface area contributed by atoms with Crippen molar-refractivity contribution in [1.29, 1.82) is 0 Å². The molecule has 0 bridgehead atoms. The van der Waals surface area contributed by atoms with Crippen LogP contribution in [0.2, 0.25) is 0 Å². The van der Waals surface area contributed by atoms with Crippen LogP contribution in [0.5, 0.6) is 5.75 Å². The lowest BCUT2D eigenvalue weighted by molar-refractivity contribution is -0.118. The van der Waals surface area contributed by atoms with Crippen molar-refractivity contribution in [1.82, 2.24) is 4.98 Å². The molecule has 0 aliphatic carbocycles. The summed E-state index contributed by atoms with van der Waals surface area (Å²) in [5.74, 6) is 0.377. The summed E-state index contributed by atoms with van der Waals surface area (Å²) in [7, 11) is -3.70. The number of nitrogens with one attached hydrogen (secondary N) is 2. The van der Waals surface area contributed by atoms with Crippen LogP contribution < -0.4 is 14.8 Å². The highest BCUT2D eigenvalue weighted by Crippen LogP contribution is 2.36. The van der Waals surface area contributed by atoms with E-state index >= 15 is 0 Å². The molecule has 2 heterocycles. The van der Waals surface area contributed by atoms with Crippen molar-refractivity contribution in [2.75, 3.05) is 16.6 Å². The topological polar surface area (TPSA) is 97.4 Å². The molecule has 0 unspecified atom stereocenters. The standard InChI is InChI=1S/C18H15N3O4S2/c1-11-17(12-7-8-15-14(9-12)19-16(22)10-25-15)20-18(26-11)21-27(23,24)13-5-3-2-4-6-13/h2-9H,10H2,1H3,(H,19,22)(H,20,21). The third-order valence-electron chi connectivity index (χ3n) is 3.96. The summed E-state index contributed by atoms with van der Waals surface area (Å²) < 4.78 is 32.8. The predicted octanol–water partition coefficient (Wildman–Crippen LogP) is 3.25. The van der Waals surface area contributed by atoms with Crippen LogP contribution in [0, 0.1) is 6.92 Å². The van der Waals surface area contributed by atoms with E-state index in [9.17, 15) is 13.2 Å².